The summed E-state index contributed by atoms with van der Waals surface area (Å²) in [7, 11) is 1.61. The Hall–Kier alpha value is -3.77. The minimum atomic E-state index is -1.12. The van der Waals surface area contributed by atoms with Gasteiger partial charge >= 0.3 is 0 Å². The van der Waals surface area contributed by atoms with Crippen LogP contribution < -0.4 is 10.1 Å². The third kappa shape index (κ3) is 4.15. The average Bonchev–Trinajstić information content (AvgIpc) is 3.24. The second-order valence-corrected chi connectivity index (χ2v) is 9.40. The lowest BCUT2D eigenvalue weighted by Crippen LogP contribution is -2.63. The maximum absolute atomic E-state index is 13.8. The summed E-state index contributed by atoms with van der Waals surface area (Å²) in [4.78, 5) is 29.3. The van der Waals surface area contributed by atoms with Crippen LogP contribution in [0.4, 0.5) is 0 Å². The highest BCUT2D eigenvalue weighted by Gasteiger charge is 2.47. The van der Waals surface area contributed by atoms with Crippen LogP contribution in [-0.4, -0.2) is 33.9 Å². The molecule has 0 spiro atoms. The van der Waals surface area contributed by atoms with Gasteiger partial charge < -0.3 is 19.5 Å². The molecule has 178 valence electrons. The summed E-state index contributed by atoms with van der Waals surface area (Å²) in [6, 6.07) is 24.7. The molecule has 35 heavy (non-hydrogen) atoms. The van der Waals surface area contributed by atoms with E-state index in [1.807, 2.05) is 78.2 Å². The lowest BCUT2D eigenvalue weighted by Gasteiger charge is -2.44. The van der Waals surface area contributed by atoms with Crippen molar-refractivity contribution in [2.24, 2.45) is 0 Å². The number of rotatable bonds is 6. The van der Waals surface area contributed by atoms with Crippen molar-refractivity contribution in [2.45, 2.75) is 32.1 Å². The van der Waals surface area contributed by atoms with Crippen molar-refractivity contribution in [3.8, 4) is 5.75 Å². The summed E-state index contributed by atoms with van der Waals surface area (Å²) in [5.74, 6) is 0.292. The van der Waals surface area contributed by atoms with Gasteiger partial charge in [-0.05, 0) is 42.8 Å². The first-order chi connectivity index (χ1) is 16.9. The summed E-state index contributed by atoms with van der Waals surface area (Å²) < 4.78 is 7.39. The van der Waals surface area contributed by atoms with Crippen LogP contribution in [0.5, 0.6) is 5.75 Å². The predicted molar refractivity (Wildman–Crippen MR) is 137 cm³/mol. The number of benzene rings is 3. The number of hydrogen-bond acceptors (Lipinski definition) is 3. The number of nitrogens with zero attached hydrogens (tertiary/aromatic N) is 2. The fraction of sp³-hybridized carbons (Fsp3) is 0.214. The van der Waals surface area contributed by atoms with E-state index in [1.54, 1.807) is 24.1 Å². The molecule has 1 atom stereocenters. The summed E-state index contributed by atoms with van der Waals surface area (Å²) in [5, 5.41) is 4.65. The van der Waals surface area contributed by atoms with E-state index in [9.17, 15) is 9.59 Å². The topological polar surface area (TPSA) is 63.6 Å². The Morgan fingerprint density at radius 1 is 1.06 bits per heavy atom. The number of amides is 2. The molecule has 2 heterocycles. The summed E-state index contributed by atoms with van der Waals surface area (Å²) in [6.45, 7) is 2.75. The number of methoxy groups -OCH3 is 1. The number of halogens is 1. The van der Waals surface area contributed by atoms with E-state index >= 15 is 0 Å². The molecule has 5 rings (SSSR count). The monoisotopic (exact) mass is 487 g/mol. The van der Waals surface area contributed by atoms with Gasteiger partial charge in [0.15, 0.2) is 0 Å². The third-order valence-corrected chi connectivity index (χ3v) is 6.96. The first-order valence-electron chi connectivity index (χ1n) is 11.5. The van der Waals surface area contributed by atoms with Gasteiger partial charge in [0.05, 0.1) is 13.7 Å². The molecule has 4 aromatic rings. The molecule has 7 heteroatoms. The maximum Gasteiger partial charge on any atom is 0.271 e. The second kappa shape index (κ2) is 9.12. The van der Waals surface area contributed by atoms with Crippen molar-refractivity contribution in [1.29, 1.82) is 0 Å². The van der Waals surface area contributed by atoms with Gasteiger partial charge in [-0.2, -0.15) is 0 Å². The van der Waals surface area contributed by atoms with Crippen LogP contribution in [0.3, 0.4) is 0 Å². The molecule has 0 radical (unpaired) electrons. The van der Waals surface area contributed by atoms with Crippen LogP contribution in [0.25, 0.3) is 10.9 Å². The van der Waals surface area contributed by atoms with Gasteiger partial charge in [-0.25, -0.2) is 0 Å². The number of carbonyl (C=O) groups excluding carboxylic acids is 2. The van der Waals surface area contributed by atoms with E-state index in [-0.39, 0.29) is 18.4 Å². The summed E-state index contributed by atoms with van der Waals surface area (Å²) in [5.41, 5.74) is 2.16. The molecule has 6 nitrogen and oxygen atoms in total. The minimum Gasteiger partial charge on any atom is -0.496 e. The highest BCUT2D eigenvalue weighted by molar-refractivity contribution is 6.30. The Bertz CT molecular complexity index is 1410. The van der Waals surface area contributed by atoms with Gasteiger partial charge in [0, 0.05) is 34.6 Å². The molecule has 0 unspecified atom stereocenters. The van der Waals surface area contributed by atoms with Gasteiger partial charge in [-0.3, -0.25) is 9.59 Å². The smallest absolute Gasteiger partial charge is 0.271 e. The molecule has 1 N–H and O–H groups in total. The second-order valence-electron chi connectivity index (χ2n) is 8.96. The first-order valence-corrected chi connectivity index (χ1v) is 11.8. The van der Waals surface area contributed by atoms with Gasteiger partial charge in [0.25, 0.3) is 5.91 Å². The van der Waals surface area contributed by atoms with Crippen molar-refractivity contribution in [3.63, 3.8) is 0 Å². The largest absolute Gasteiger partial charge is 0.496 e. The molecular formula is C28H26ClN3O3. The highest BCUT2D eigenvalue weighted by Crippen LogP contribution is 2.34. The zero-order valence-electron chi connectivity index (χ0n) is 19.6. The standard InChI is InChI=1S/C28H26ClN3O3/c1-28(27(34)30-16-21-8-4-6-10-25(21)35-2)18-31-23-9-5-3-7-20(23)15-24(31)26(33)32(28)17-19-11-13-22(29)14-12-19/h3-15H,16-18H2,1-2H3,(H,30,34)/t28-/m1/s1. The Morgan fingerprint density at radius 3 is 2.54 bits per heavy atom. The van der Waals surface area contributed by atoms with Crippen molar-refractivity contribution in [1.82, 2.24) is 14.8 Å². The Labute approximate surface area is 209 Å². The maximum atomic E-state index is 13.8. The van der Waals surface area contributed by atoms with Crippen LogP contribution in [0, 0.1) is 0 Å². The molecule has 0 aliphatic carbocycles. The van der Waals surface area contributed by atoms with E-state index < -0.39 is 5.54 Å². The van der Waals surface area contributed by atoms with Crippen molar-refractivity contribution < 1.29 is 14.3 Å². The highest BCUT2D eigenvalue weighted by atomic mass is 35.5. The molecule has 3 aromatic carbocycles. The third-order valence-electron chi connectivity index (χ3n) is 6.71. The average molecular weight is 488 g/mol. The van der Waals surface area contributed by atoms with Crippen molar-refractivity contribution >= 4 is 34.3 Å². The molecule has 1 aromatic heterocycles. The molecule has 2 amide bonds. The van der Waals surface area contributed by atoms with E-state index in [0.717, 1.165) is 22.0 Å². The Balaban J connectivity index is 1.52. The fourth-order valence-corrected chi connectivity index (χ4v) is 4.87. The van der Waals surface area contributed by atoms with E-state index in [4.69, 9.17) is 16.3 Å². The normalized spacial score (nSPS) is 17.3. The molecule has 1 aliphatic heterocycles. The SMILES string of the molecule is COc1ccccc1CNC(=O)[C@@]1(C)Cn2c(cc3ccccc32)C(=O)N1Cc1ccc(Cl)cc1. The van der Waals surface area contributed by atoms with E-state index in [1.165, 1.54) is 0 Å². The van der Waals surface area contributed by atoms with Crippen LogP contribution >= 0.6 is 11.6 Å². The number of nitrogens with one attached hydrogen (secondary N) is 1. The molecule has 0 saturated heterocycles. The van der Waals surface area contributed by atoms with Crippen LogP contribution in [-0.2, 0) is 24.4 Å². The molecule has 1 aliphatic rings. The van der Waals surface area contributed by atoms with Crippen molar-refractivity contribution in [3.05, 3.63) is 101 Å². The zero-order valence-corrected chi connectivity index (χ0v) is 20.4. The van der Waals surface area contributed by atoms with Crippen LogP contribution in [0.2, 0.25) is 5.02 Å². The molecular weight excluding hydrogens is 462 g/mol. The first kappa shape index (κ1) is 23.0. The van der Waals surface area contributed by atoms with Gasteiger partial charge in [0.2, 0.25) is 5.91 Å². The number of para-hydroxylation sites is 2. The Kier molecular flexibility index (Phi) is 5.99. The quantitative estimate of drug-likeness (QED) is 0.414. The predicted octanol–water partition coefficient (Wildman–Crippen LogP) is 5.03. The number of hydrogen-bond donors (Lipinski definition) is 1. The molecule has 0 fully saturated rings. The van der Waals surface area contributed by atoms with Gasteiger partial charge in [-0.15, -0.1) is 0 Å². The summed E-state index contributed by atoms with van der Waals surface area (Å²) in [6.07, 6.45) is 0. The molecule has 0 saturated carbocycles. The number of ether oxygens (including phenoxy) is 1. The van der Waals surface area contributed by atoms with E-state index in [2.05, 4.69) is 5.32 Å². The lowest BCUT2D eigenvalue weighted by molar-refractivity contribution is -0.133. The molecule has 0 bridgehead atoms. The lowest BCUT2D eigenvalue weighted by atomic mass is 9.93. The van der Waals surface area contributed by atoms with Crippen molar-refractivity contribution in [2.75, 3.05) is 7.11 Å². The number of fused-ring (bicyclic) bond motifs is 3. The van der Waals surface area contributed by atoms with Gasteiger partial charge in [-0.1, -0.05) is 60.1 Å². The zero-order chi connectivity index (χ0) is 24.6. The van der Waals surface area contributed by atoms with E-state index in [0.29, 0.717) is 29.6 Å². The fourth-order valence-electron chi connectivity index (χ4n) is 4.74. The van der Waals surface area contributed by atoms with Crippen LogP contribution in [0.15, 0.2) is 78.9 Å². The van der Waals surface area contributed by atoms with Crippen LogP contribution in [0.1, 0.15) is 28.5 Å². The minimum absolute atomic E-state index is 0.183. The summed E-state index contributed by atoms with van der Waals surface area (Å²) >= 11 is 6.07. The number of aromatic nitrogens is 1. The Morgan fingerprint density at radius 2 is 1.77 bits per heavy atom. The number of carbonyl (C=O) groups is 2. The van der Waals surface area contributed by atoms with Gasteiger partial charge in [0.1, 0.15) is 17.0 Å².